The van der Waals surface area contributed by atoms with Crippen molar-refractivity contribution in [3.63, 3.8) is 0 Å². The summed E-state index contributed by atoms with van der Waals surface area (Å²) in [5.74, 6) is -1.27. The van der Waals surface area contributed by atoms with Crippen LogP contribution in [0.25, 0.3) is 0 Å². The van der Waals surface area contributed by atoms with E-state index in [4.69, 9.17) is 12.2 Å². The molecule has 3 aromatic rings. The molecule has 8 nitrogen and oxygen atoms in total. The molecule has 0 aliphatic carbocycles. The minimum Gasteiger partial charge on any atom is -0.338 e. The monoisotopic (exact) mass is 466 g/mol. The maximum atomic E-state index is 13.8. The first-order chi connectivity index (χ1) is 15.3. The van der Waals surface area contributed by atoms with Crippen LogP contribution in [0.1, 0.15) is 11.4 Å². The van der Waals surface area contributed by atoms with Gasteiger partial charge in [0.2, 0.25) is 10.7 Å². The Bertz CT molecular complexity index is 1150. The van der Waals surface area contributed by atoms with Crippen LogP contribution in [0.4, 0.5) is 23.5 Å². The fourth-order valence-electron chi connectivity index (χ4n) is 3.21. The van der Waals surface area contributed by atoms with Gasteiger partial charge in [-0.05, 0) is 24.4 Å². The lowest BCUT2D eigenvalue weighted by atomic mass is 10.2. The van der Waals surface area contributed by atoms with Crippen molar-refractivity contribution in [2.24, 2.45) is 5.10 Å². The van der Waals surface area contributed by atoms with Crippen LogP contribution in [0.3, 0.4) is 0 Å². The molecule has 4 rings (SSSR count). The molecule has 1 saturated heterocycles. The smallest absolute Gasteiger partial charge is 0.338 e. The Morgan fingerprint density at radius 3 is 2.38 bits per heavy atom. The second-order valence-electron chi connectivity index (χ2n) is 6.98. The number of piperazine rings is 1. The van der Waals surface area contributed by atoms with Crippen molar-refractivity contribution in [2.45, 2.75) is 12.8 Å². The van der Waals surface area contributed by atoms with Crippen molar-refractivity contribution in [1.29, 1.82) is 0 Å². The predicted octanol–water partition coefficient (Wildman–Crippen LogP) is 3.02. The summed E-state index contributed by atoms with van der Waals surface area (Å²) in [6.45, 7) is 2.40. The first-order valence-corrected chi connectivity index (χ1v) is 10.0. The molecule has 0 N–H and O–H groups in total. The van der Waals surface area contributed by atoms with Gasteiger partial charge in [0.1, 0.15) is 5.82 Å². The van der Waals surface area contributed by atoms with E-state index in [-0.39, 0.29) is 17.0 Å². The zero-order valence-corrected chi connectivity index (χ0v) is 17.5. The number of nitrogens with zero attached hydrogens (tertiary/aromatic N) is 8. The Kier molecular flexibility index (Phi) is 6.28. The SMILES string of the molecule is Fc1ccccc1/C=N/n1c(C(F)(F)F)nn(CN2CCN(c3ncccn3)CC2)c1=S. The molecule has 3 heterocycles. The fourth-order valence-corrected chi connectivity index (χ4v) is 3.44. The first kappa shape index (κ1) is 22.0. The van der Waals surface area contributed by atoms with Crippen molar-refractivity contribution < 1.29 is 17.6 Å². The maximum Gasteiger partial charge on any atom is 0.453 e. The van der Waals surface area contributed by atoms with E-state index in [2.05, 4.69) is 20.2 Å². The van der Waals surface area contributed by atoms with Gasteiger partial charge in [-0.3, -0.25) is 4.90 Å². The summed E-state index contributed by atoms with van der Waals surface area (Å²) in [6, 6.07) is 7.34. The van der Waals surface area contributed by atoms with E-state index in [1.54, 1.807) is 24.5 Å². The number of rotatable bonds is 5. The first-order valence-electron chi connectivity index (χ1n) is 9.63. The van der Waals surface area contributed by atoms with E-state index in [0.717, 1.165) is 10.9 Å². The summed E-state index contributed by atoms with van der Waals surface area (Å²) < 4.78 is 55.8. The molecule has 1 fully saturated rings. The quantitative estimate of drug-likeness (QED) is 0.327. The molecule has 168 valence electrons. The Labute approximate surface area is 185 Å². The van der Waals surface area contributed by atoms with Crippen LogP contribution >= 0.6 is 12.2 Å². The molecular formula is C19H18F4N8S. The lowest BCUT2D eigenvalue weighted by Gasteiger charge is -2.34. The van der Waals surface area contributed by atoms with Crippen LogP contribution in [0.2, 0.25) is 0 Å². The molecule has 0 unspecified atom stereocenters. The molecule has 0 amide bonds. The topological polar surface area (TPSA) is 67.4 Å². The average Bonchev–Trinajstić information content (AvgIpc) is 3.10. The van der Waals surface area contributed by atoms with E-state index in [9.17, 15) is 17.6 Å². The Morgan fingerprint density at radius 2 is 1.72 bits per heavy atom. The summed E-state index contributed by atoms with van der Waals surface area (Å²) in [5, 5.41) is 7.42. The van der Waals surface area contributed by atoms with Crippen molar-refractivity contribution in [3.05, 3.63) is 64.7 Å². The van der Waals surface area contributed by atoms with Gasteiger partial charge in [0.15, 0.2) is 0 Å². The zero-order valence-electron chi connectivity index (χ0n) is 16.7. The second-order valence-corrected chi connectivity index (χ2v) is 7.34. The summed E-state index contributed by atoms with van der Waals surface area (Å²) in [4.78, 5) is 12.3. The lowest BCUT2D eigenvalue weighted by molar-refractivity contribution is -0.147. The van der Waals surface area contributed by atoms with E-state index in [1.807, 2.05) is 9.80 Å². The summed E-state index contributed by atoms with van der Waals surface area (Å²) >= 11 is 5.20. The third-order valence-corrected chi connectivity index (χ3v) is 5.21. The zero-order chi connectivity index (χ0) is 22.7. The highest BCUT2D eigenvalue weighted by atomic mass is 32.1. The number of alkyl halides is 3. The van der Waals surface area contributed by atoms with Gasteiger partial charge in [-0.1, -0.05) is 18.2 Å². The highest BCUT2D eigenvalue weighted by Gasteiger charge is 2.39. The highest BCUT2D eigenvalue weighted by Crippen LogP contribution is 2.28. The summed E-state index contributed by atoms with van der Waals surface area (Å²) in [7, 11) is 0. The summed E-state index contributed by atoms with van der Waals surface area (Å²) in [5.41, 5.74) is 0.0366. The number of benzene rings is 1. The molecule has 1 aromatic carbocycles. The van der Waals surface area contributed by atoms with Crippen molar-refractivity contribution in [3.8, 4) is 0 Å². The maximum absolute atomic E-state index is 13.8. The fraction of sp³-hybridized carbons (Fsp3) is 0.316. The minimum atomic E-state index is -4.78. The van der Waals surface area contributed by atoms with Gasteiger partial charge in [-0.15, -0.1) is 5.10 Å². The van der Waals surface area contributed by atoms with Gasteiger partial charge in [-0.25, -0.2) is 19.0 Å². The van der Waals surface area contributed by atoms with E-state index in [0.29, 0.717) is 36.8 Å². The number of anilines is 1. The summed E-state index contributed by atoms with van der Waals surface area (Å²) in [6.07, 6.45) is -0.484. The predicted molar refractivity (Wildman–Crippen MR) is 111 cm³/mol. The molecule has 0 spiro atoms. The highest BCUT2D eigenvalue weighted by molar-refractivity contribution is 7.71. The number of aromatic nitrogens is 5. The molecule has 13 heteroatoms. The minimum absolute atomic E-state index is 0.0366. The van der Waals surface area contributed by atoms with E-state index < -0.39 is 17.8 Å². The average molecular weight is 466 g/mol. The Morgan fingerprint density at radius 1 is 1.03 bits per heavy atom. The largest absolute Gasteiger partial charge is 0.453 e. The van der Waals surface area contributed by atoms with E-state index in [1.165, 1.54) is 18.2 Å². The van der Waals surface area contributed by atoms with Gasteiger partial charge in [0, 0.05) is 44.1 Å². The van der Waals surface area contributed by atoms with Crippen LogP contribution in [-0.2, 0) is 12.8 Å². The molecule has 1 aliphatic rings. The van der Waals surface area contributed by atoms with E-state index >= 15 is 0 Å². The van der Waals surface area contributed by atoms with Crippen LogP contribution in [-0.4, -0.2) is 61.7 Å². The Balaban J connectivity index is 1.53. The Hall–Kier alpha value is -3.19. The molecular weight excluding hydrogens is 448 g/mol. The van der Waals surface area contributed by atoms with Gasteiger partial charge < -0.3 is 4.90 Å². The normalized spacial score (nSPS) is 15.6. The third kappa shape index (κ3) is 4.83. The number of hydrogen-bond donors (Lipinski definition) is 0. The third-order valence-electron chi connectivity index (χ3n) is 4.83. The molecule has 0 saturated carbocycles. The molecule has 0 bridgehead atoms. The number of hydrogen-bond acceptors (Lipinski definition) is 7. The van der Waals surface area contributed by atoms with Crippen LogP contribution in [0, 0.1) is 10.6 Å². The van der Waals surface area contributed by atoms with Gasteiger partial charge >= 0.3 is 6.18 Å². The van der Waals surface area contributed by atoms with Crippen molar-refractivity contribution in [2.75, 3.05) is 31.1 Å². The van der Waals surface area contributed by atoms with Gasteiger partial charge in [0.25, 0.3) is 5.82 Å². The molecule has 0 radical (unpaired) electrons. The van der Waals surface area contributed by atoms with Gasteiger partial charge in [-0.2, -0.15) is 22.9 Å². The number of halogens is 4. The lowest BCUT2D eigenvalue weighted by Crippen LogP contribution is -2.47. The molecule has 32 heavy (non-hydrogen) atoms. The standard InChI is InChI=1S/C19H18F4N8S/c20-15-5-2-1-4-14(15)12-26-31-16(19(21,22)23)27-30(18(31)32)13-28-8-10-29(11-9-28)17-24-6-3-7-25-17/h1-7,12H,8-11,13H2/b26-12+. The van der Waals surface area contributed by atoms with Crippen molar-refractivity contribution >= 4 is 24.4 Å². The molecule has 0 atom stereocenters. The van der Waals surface area contributed by atoms with Crippen LogP contribution in [0.5, 0.6) is 0 Å². The van der Waals surface area contributed by atoms with Crippen LogP contribution in [0.15, 0.2) is 47.8 Å². The van der Waals surface area contributed by atoms with Crippen LogP contribution < -0.4 is 4.90 Å². The van der Waals surface area contributed by atoms with Crippen molar-refractivity contribution in [1.82, 2.24) is 29.3 Å². The molecule has 1 aliphatic heterocycles. The molecule has 2 aromatic heterocycles. The second kappa shape index (κ2) is 9.12. The van der Waals surface area contributed by atoms with Gasteiger partial charge in [0.05, 0.1) is 12.9 Å².